The van der Waals surface area contributed by atoms with Crippen molar-refractivity contribution >= 4 is 5.91 Å². The zero-order valence-electron chi connectivity index (χ0n) is 11.5. The van der Waals surface area contributed by atoms with Gasteiger partial charge in [0.15, 0.2) is 0 Å². The predicted octanol–water partition coefficient (Wildman–Crippen LogP) is 1.70. The summed E-state index contributed by atoms with van der Waals surface area (Å²) < 4.78 is 5.09. The predicted molar refractivity (Wildman–Crippen MR) is 72.6 cm³/mol. The first-order valence-corrected chi connectivity index (χ1v) is 6.19. The quantitative estimate of drug-likeness (QED) is 0.808. The van der Waals surface area contributed by atoms with E-state index in [2.05, 4.69) is 10.6 Å². The second-order valence-electron chi connectivity index (χ2n) is 4.61. The smallest absolute Gasteiger partial charge is 0.237 e. The highest BCUT2D eigenvalue weighted by Crippen LogP contribution is 2.11. The van der Waals surface area contributed by atoms with Gasteiger partial charge in [-0.15, -0.1) is 0 Å². The third kappa shape index (κ3) is 4.75. The van der Waals surface area contributed by atoms with Gasteiger partial charge in [-0.2, -0.15) is 0 Å². The Balaban J connectivity index is 2.41. The van der Waals surface area contributed by atoms with Crippen LogP contribution in [0.15, 0.2) is 24.3 Å². The summed E-state index contributed by atoms with van der Waals surface area (Å²) in [6.45, 7) is 6.43. The molecule has 1 aromatic carbocycles. The molecule has 0 fully saturated rings. The molecule has 0 aliphatic heterocycles. The molecule has 0 aromatic heterocycles. The van der Waals surface area contributed by atoms with Crippen molar-refractivity contribution in [3.8, 4) is 5.75 Å². The van der Waals surface area contributed by atoms with Crippen LogP contribution in [-0.2, 0) is 11.3 Å². The van der Waals surface area contributed by atoms with Gasteiger partial charge in [-0.1, -0.05) is 12.1 Å². The minimum absolute atomic E-state index is 0.0264. The number of hydrogen-bond donors (Lipinski definition) is 2. The van der Waals surface area contributed by atoms with Crippen LogP contribution in [0, 0.1) is 0 Å². The normalized spacial score (nSPS) is 12.3. The molecular formula is C14H22N2O2. The van der Waals surface area contributed by atoms with E-state index in [9.17, 15) is 4.79 Å². The third-order valence-corrected chi connectivity index (χ3v) is 2.60. The first-order chi connectivity index (χ1) is 8.52. The molecule has 0 saturated carbocycles. The molecule has 1 rings (SSSR count). The molecular weight excluding hydrogens is 228 g/mol. The number of carbonyl (C=O) groups excluding carboxylic acids is 1. The van der Waals surface area contributed by atoms with E-state index < -0.39 is 0 Å². The van der Waals surface area contributed by atoms with Crippen LogP contribution in [-0.4, -0.2) is 25.1 Å². The summed E-state index contributed by atoms with van der Waals surface area (Å²) in [7, 11) is 1.64. The van der Waals surface area contributed by atoms with Gasteiger partial charge >= 0.3 is 0 Å². The SMILES string of the molecule is COc1ccc(CNC(C)C(=O)NC(C)C)cc1. The van der Waals surface area contributed by atoms with Crippen LogP contribution in [0.2, 0.25) is 0 Å². The molecule has 100 valence electrons. The lowest BCUT2D eigenvalue weighted by molar-refractivity contribution is -0.123. The number of rotatable bonds is 6. The standard InChI is InChI=1S/C14H22N2O2/c1-10(2)16-14(17)11(3)15-9-12-5-7-13(18-4)8-6-12/h5-8,10-11,15H,9H2,1-4H3,(H,16,17). The number of amides is 1. The number of ether oxygens (including phenoxy) is 1. The fraction of sp³-hybridized carbons (Fsp3) is 0.500. The summed E-state index contributed by atoms with van der Waals surface area (Å²) in [4.78, 5) is 11.7. The molecule has 0 radical (unpaired) electrons. The molecule has 0 spiro atoms. The molecule has 4 nitrogen and oxygen atoms in total. The molecule has 0 saturated heterocycles. The van der Waals surface area contributed by atoms with Gasteiger partial charge in [0.05, 0.1) is 13.2 Å². The van der Waals surface area contributed by atoms with Crippen molar-refractivity contribution in [2.45, 2.75) is 39.4 Å². The Kier molecular flexibility index (Phi) is 5.65. The van der Waals surface area contributed by atoms with Crippen LogP contribution in [0.5, 0.6) is 5.75 Å². The zero-order valence-corrected chi connectivity index (χ0v) is 11.5. The van der Waals surface area contributed by atoms with E-state index in [4.69, 9.17) is 4.74 Å². The Morgan fingerprint density at radius 1 is 1.22 bits per heavy atom. The van der Waals surface area contributed by atoms with Gasteiger partial charge < -0.3 is 15.4 Å². The average Bonchev–Trinajstić information content (AvgIpc) is 2.35. The fourth-order valence-electron chi connectivity index (χ4n) is 1.52. The number of benzene rings is 1. The van der Waals surface area contributed by atoms with Gasteiger partial charge in [0, 0.05) is 12.6 Å². The highest BCUT2D eigenvalue weighted by molar-refractivity contribution is 5.81. The van der Waals surface area contributed by atoms with Crippen LogP contribution in [0.3, 0.4) is 0 Å². The van der Waals surface area contributed by atoms with Crippen LogP contribution in [0.4, 0.5) is 0 Å². The zero-order chi connectivity index (χ0) is 13.5. The van der Waals surface area contributed by atoms with Crippen molar-refractivity contribution in [1.82, 2.24) is 10.6 Å². The van der Waals surface area contributed by atoms with Crippen LogP contribution < -0.4 is 15.4 Å². The van der Waals surface area contributed by atoms with Crippen molar-refractivity contribution in [3.63, 3.8) is 0 Å². The molecule has 0 bridgehead atoms. The highest BCUT2D eigenvalue weighted by atomic mass is 16.5. The van der Waals surface area contributed by atoms with E-state index in [0.29, 0.717) is 6.54 Å². The van der Waals surface area contributed by atoms with E-state index in [1.54, 1.807) is 7.11 Å². The minimum atomic E-state index is -0.200. The highest BCUT2D eigenvalue weighted by Gasteiger charge is 2.12. The van der Waals surface area contributed by atoms with E-state index in [1.165, 1.54) is 0 Å². The fourth-order valence-corrected chi connectivity index (χ4v) is 1.52. The molecule has 2 N–H and O–H groups in total. The summed E-state index contributed by atoms with van der Waals surface area (Å²) >= 11 is 0. The monoisotopic (exact) mass is 250 g/mol. The summed E-state index contributed by atoms with van der Waals surface area (Å²) in [5, 5.41) is 6.06. The summed E-state index contributed by atoms with van der Waals surface area (Å²) in [5.41, 5.74) is 1.12. The van der Waals surface area contributed by atoms with Gasteiger partial charge in [0.1, 0.15) is 5.75 Å². The Bertz CT molecular complexity index is 374. The molecule has 1 unspecified atom stereocenters. The van der Waals surface area contributed by atoms with Crippen molar-refractivity contribution in [2.24, 2.45) is 0 Å². The first kappa shape index (κ1) is 14.5. The second-order valence-corrected chi connectivity index (χ2v) is 4.61. The Morgan fingerprint density at radius 3 is 2.33 bits per heavy atom. The lowest BCUT2D eigenvalue weighted by atomic mass is 10.2. The second kappa shape index (κ2) is 7.01. The van der Waals surface area contributed by atoms with Crippen molar-refractivity contribution in [2.75, 3.05) is 7.11 Å². The lowest BCUT2D eigenvalue weighted by Gasteiger charge is -2.16. The van der Waals surface area contributed by atoms with E-state index in [-0.39, 0.29) is 18.0 Å². The first-order valence-electron chi connectivity index (χ1n) is 6.19. The number of hydrogen-bond acceptors (Lipinski definition) is 3. The molecule has 0 aliphatic carbocycles. The molecule has 18 heavy (non-hydrogen) atoms. The number of nitrogens with one attached hydrogen (secondary N) is 2. The molecule has 1 aromatic rings. The summed E-state index contributed by atoms with van der Waals surface area (Å²) in [5.74, 6) is 0.864. The van der Waals surface area contributed by atoms with Gasteiger partial charge in [0.2, 0.25) is 5.91 Å². The van der Waals surface area contributed by atoms with E-state index >= 15 is 0 Å². The van der Waals surface area contributed by atoms with Crippen LogP contribution in [0.25, 0.3) is 0 Å². The molecule has 1 atom stereocenters. The molecule has 4 heteroatoms. The van der Waals surface area contributed by atoms with Gasteiger partial charge in [0.25, 0.3) is 0 Å². The number of carbonyl (C=O) groups is 1. The van der Waals surface area contributed by atoms with Gasteiger partial charge in [-0.05, 0) is 38.5 Å². The Morgan fingerprint density at radius 2 is 1.83 bits per heavy atom. The van der Waals surface area contributed by atoms with E-state index in [1.807, 2.05) is 45.0 Å². The topological polar surface area (TPSA) is 50.4 Å². The summed E-state index contributed by atoms with van der Waals surface area (Å²) in [6, 6.07) is 7.76. The minimum Gasteiger partial charge on any atom is -0.497 e. The maximum absolute atomic E-state index is 11.7. The number of methoxy groups -OCH3 is 1. The van der Waals surface area contributed by atoms with Crippen molar-refractivity contribution in [1.29, 1.82) is 0 Å². The lowest BCUT2D eigenvalue weighted by Crippen LogP contribution is -2.44. The summed E-state index contributed by atoms with van der Waals surface area (Å²) in [6.07, 6.45) is 0. The van der Waals surface area contributed by atoms with Gasteiger partial charge in [-0.25, -0.2) is 0 Å². The molecule has 0 aliphatic rings. The third-order valence-electron chi connectivity index (χ3n) is 2.60. The average molecular weight is 250 g/mol. The van der Waals surface area contributed by atoms with Crippen molar-refractivity contribution in [3.05, 3.63) is 29.8 Å². The van der Waals surface area contributed by atoms with Crippen LogP contribution in [0.1, 0.15) is 26.3 Å². The van der Waals surface area contributed by atoms with Crippen LogP contribution >= 0.6 is 0 Å². The maximum Gasteiger partial charge on any atom is 0.237 e. The van der Waals surface area contributed by atoms with Crippen molar-refractivity contribution < 1.29 is 9.53 Å². The Hall–Kier alpha value is -1.55. The molecule has 1 amide bonds. The maximum atomic E-state index is 11.7. The largest absolute Gasteiger partial charge is 0.497 e. The van der Waals surface area contributed by atoms with E-state index in [0.717, 1.165) is 11.3 Å². The van der Waals surface area contributed by atoms with Gasteiger partial charge in [-0.3, -0.25) is 4.79 Å². The Labute approximate surface area is 109 Å². The molecule has 0 heterocycles.